The second-order valence-corrected chi connectivity index (χ2v) is 2.69. The first-order valence-corrected chi connectivity index (χ1v) is 3.64. The third kappa shape index (κ3) is 2.01. The summed E-state index contributed by atoms with van der Waals surface area (Å²) in [5.74, 6) is 0. The van der Waals surface area contributed by atoms with E-state index in [1.165, 1.54) is 12.1 Å². The second kappa shape index (κ2) is 3.63. The van der Waals surface area contributed by atoms with Crippen LogP contribution in [-0.4, -0.2) is 11.5 Å². The summed E-state index contributed by atoms with van der Waals surface area (Å²) < 4.78 is 23.9. The predicted molar refractivity (Wildman–Crippen MR) is 42.1 cm³/mol. The van der Waals surface area contributed by atoms with E-state index in [1.807, 2.05) is 6.92 Å². The summed E-state index contributed by atoms with van der Waals surface area (Å²) in [6, 6.07) is 6.40. The Morgan fingerprint density at radius 1 is 1.17 bits per heavy atom. The fourth-order valence-electron chi connectivity index (χ4n) is 0.909. The van der Waals surface area contributed by atoms with Crippen LogP contribution < -0.4 is 0 Å². The van der Waals surface area contributed by atoms with E-state index in [4.69, 9.17) is 5.11 Å². The molecule has 1 N–H and O–H groups in total. The van der Waals surface area contributed by atoms with Crippen molar-refractivity contribution in [2.45, 2.75) is 19.5 Å². The molecule has 66 valence electrons. The smallest absolute Gasteiger partial charge is 0.268 e. The van der Waals surface area contributed by atoms with Gasteiger partial charge in [-0.2, -0.15) is 0 Å². The van der Waals surface area contributed by atoms with Crippen molar-refractivity contribution in [1.29, 1.82) is 0 Å². The highest BCUT2D eigenvalue weighted by atomic mass is 19.3. The molecule has 0 amide bonds. The third-order valence-corrected chi connectivity index (χ3v) is 1.66. The van der Waals surface area contributed by atoms with Gasteiger partial charge in [0.1, 0.15) is 6.10 Å². The van der Waals surface area contributed by atoms with Crippen molar-refractivity contribution >= 4 is 0 Å². The molecule has 12 heavy (non-hydrogen) atoms. The van der Waals surface area contributed by atoms with Gasteiger partial charge in [0.2, 0.25) is 0 Å². The van der Waals surface area contributed by atoms with Crippen molar-refractivity contribution in [2.24, 2.45) is 0 Å². The highest BCUT2D eigenvalue weighted by Crippen LogP contribution is 2.20. The minimum absolute atomic E-state index is 0.260. The first-order valence-electron chi connectivity index (χ1n) is 3.64. The SMILES string of the molecule is Cc1ccc(C(O)C(F)F)cc1. The standard InChI is InChI=1S/C9H10F2O/c1-6-2-4-7(5-3-6)8(12)9(10)11/h2-5,8-9,12H,1H3. The number of aryl methyl sites for hydroxylation is 1. The Morgan fingerprint density at radius 3 is 2.08 bits per heavy atom. The summed E-state index contributed by atoms with van der Waals surface area (Å²) in [7, 11) is 0. The van der Waals surface area contributed by atoms with Crippen LogP contribution >= 0.6 is 0 Å². The fourth-order valence-corrected chi connectivity index (χ4v) is 0.909. The summed E-state index contributed by atoms with van der Waals surface area (Å²) in [6.45, 7) is 1.86. The monoisotopic (exact) mass is 172 g/mol. The van der Waals surface area contributed by atoms with E-state index in [0.717, 1.165) is 5.56 Å². The van der Waals surface area contributed by atoms with Crippen molar-refractivity contribution in [1.82, 2.24) is 0 Å². The third-order valence-electron chi connectivity index (χ3n) is 1.66. The quantitative estimate of drug-likeness (QED) is 0.725. The molecule has 1 nitrogen and oxygen atoms in total. The van der Waals surface area contributed by atoms with Crippen LogP contribution in [0.1, 0.15) is 17.2 Å². The first-order chi connectivity index (χ1) is 5.61. The summed E-state index contributed by atoms with van der Waals surface area (Å²) >= 11 is 0. The molecule has 0 saturated heterocycles. The highest BCUT2D eigenvalue weighted by molar-refractivity contribution is 5.23. The molecule has 1 rings (SSSR count). The number of aliphatic hydroxyl groups excluding tert-OH is 1. The van der Waals surface area contributed by atoms with Gasteiger partial charge in [0, 0.05) is 0 Å². The first kappa shape index (κ1) is 9.13. The van der Waals surface area contributed by atoms with Gasteiger partial charge in [-0.25, -0.2) is 8.78 Å². The van der Waals surface area contributed by atoms with E-state index in [2.05, 4.69) is 0 Å². The Morgan fingerprint density at radius 2 is 1.67 bits per heavy atom. The van der Waals surface area contributed by atoms with Crippen LogP contribution in [0.5, 0.6) is 0 Å². The van der Waals surface area contributed by atoms with Gasteiger partial charge in [-0.15, -0.1) is 0 Å². The van der Waals surface area contributed by atoms with Crippen molar-refractivity contribution in [3.8, 4) is 0 Å². The zero-order valence-corrected chi connectivity index (χ0v) is 6.67. The van der Waals surface area contributed by atoms with E-state index in [9.17, 15) is 8.78 Å². The lowest BCUT2D eigenvalue weighted by atomic mass is 10.1. The predicted octanol–water partition coefficient (Wildman–Crippen LogP) is 2.29. The number of hydrogen-bond acceptors (Lipinski definition) is 1. The molecule has 0 heterocycles. The molecule has 0 aliphatic rings. The summed E-state index contributed by atoms with van der Waals surface area (Å²) in [6.07, 6.45) is -4.38. The van der Waals surface area contributed by atoms with Gasteiger partial charge in [-0.1, -0.05) is 29.8 Å². The van der Waals surface area contributed by atoms with Gasteiger partial charge in [0.05, 0.1) is 0 Å². The molecule has 0 saturated carbocycles. The Kier molecular flexibility index (Phi) is 2.76. The van der Waals surface area contributed by atoms with E-state index in [-0.39, 0.29) is 5.56 Å². The maximum absolute atomic E-state index is 12.0. The maximum atomic E-state index is 12.0. The van der Waals surface area contributed by atoms with Gasteiger partial charge in [-0.3, -0.25) is 0 Å². The molecule has 0 aliphatic heterocycles. The van der Waals surface area contributed by atoms with Crippen molar-refractivity contribution in [2.75, 3.05) is 0 Å². The summed E-state index contributed by atoms with van der Waals surface area (Å²) in [4.78, 5) is 0. The van der Waals surface area contributed by atoms with Crippen LogP contribution in [0.3, 0.4) is 0 Å². The lowest BCUT2D eigenvalue weighted by molar-refractivity contribution is -0.00578. The number of aliphatic hydroxyl groups is 1. The minimum Gasteiger partial charge on any atom is -0.382 e. The number of benzene rings is 1. The van der Waals surface area contributed by atoms with Crippen LogP contribution in [0.25, 0.3) is 0 Å². The highest BCUT2D eigenvalue weighted by Gasteiger charge is 2.18. The number of rotatable bonds is 2. The largest absolute Gasteiger partial charge is 0.382 e. The summed E-state index contributed by atoms with van der Waals surface area (Å²) in [5, 5.41) is 8.94. The molecule has 0 bridgehead atoms. The molecule has 0 aliphatic carbocycles. The average Bonchev–Trinajstić information content (AvgIpc) is 2.04. The second-order valence-electron chi connectivity index (χ2n) is 2.69. The van der Waals surface area contributed by atoms with Crippen molar-refractivity contribution in [3.63, 3.8) is 0 Å². The molecular formula is C9H10F2O. The van der Waals surface area contributed by atoms with Gasteiger partial charge in [-0.05, 0) is 12.5 Å². The Hall–Kier alpha value is -0.960. The van der Waals surface area contributed by atoms with Gasteiger partial charge in [0.25, 0.3) is 6.43 Å². The number of halogens is 2. The normalized spacial score (nSPS) is 13.4. The molecule has 0 radical (unpaired) electrons. The van der Waals surface area contributed by atoms with Crippen LogP contribution in [0.4, 0.5) is 8.78 Å². The summed E-state index contributed by atoms with van der Waals surface area (Å²) in [5.41, 5.74) is 1.25. The average molecular weight is 172 g/mol. The molecule has 1 atom stereocenters. The van der Waals surface area contributed by atoms with Crippen molar-refractivity contribution < 1.29 is 13.9 Å². The van der Waals surface area contributed by atoms with Crippen molar-refractivity contribution in [3.05, 3.63) is 35.4 Å². The Bertz CT molecular complexity index is 243. The molecular weight excluding hydrogens is 162 g/mol. The lowest BCUT2D eigenvalue weighted by Gasteiger charge is -2.09. The molecule has 1 aromatic carbocycles. The minimum atomic E-state index is -2.72. The van der Waals surface area contributed by atoms with Crippen LogP contribution in [0, 0.1) is 6.92 Å². The van der Waals surface area contributed by atoms with E-state index < -0.39 is 12.5 Å². The van der Waals surface area contributed by atoms with Gasteiger partial charge in [0.15, 0.2) is 0 Å². The van der Waals surface area contributed by atoms with E-state index in [1.54, 1.807) is 12.1 Å². The topological polar surface area (TPSA) is 20.2 Å². The molecule has 1 aromatic rings. The molecule has 0 fully saturated rings. The molecule has 3 heteroatoms. The van der Waals surface area contributed by atoms with Gasteiger partial charge < -0.3 is 5.11 Å². The van der Waals surface area contributed by atoms with Gasteiger partial charge >= 0.3 is 0 Å². The van der Waals surface area contributed by atoms with Crippen LogP contribution in [0.15, 0.2) is 24.3 Å². The Labute approximate surface area is 69.7 Å². The molecule has 1 unspecified atom stereocenters. The zero-order valence-electron chi connectivity index (χ0n) is 6.67. The maximum Gasteiger partial charge on any atom is 0.268 e. The van der Waals surface area contributed by atoms with Crippen LogP contribution in [0.2, 0.25) is 0 Å². The molecule has 0 spiro atoms. The zero-order chi connectivity index (χ0) is 9.14. The van der Waals surface area contributed by atoms with Crippen LogP contribution in [-0.2, 0) is 0 Å². The molecule has 0 aromatic heterocycles. The number of alkyl halides is 2. The van der Waals surface area contributed by atoms with E-state index in [0.29, 0.717) is 0 Å². The Balaban J connectivity index is 2.82. The fraction of sp³-hybridized carbons (Fsp3) is 0.333. The van der Waals surface area contributed by atoms with E-state index >= 15 is 0 Å². The number of hydrogen-bond donors (Lipinski definition) is 1. The lowest BCUT2D eigenvalue weighted by Crippen LogP contribution is -2.07.